The maximum atomic E-state index is 12.6. The van der Waals surface area contributed by atoms with Gasteiger partial charge in [-0.3, -0.25) is 9.00 Å². The second-order valence-corrected chi connectivity index (χ2v) is 8.81. The van der Waals surface area contributed by atoms with Crippen LogP contribution in [0.15, 0.2) is 63.9 Å². The Bertz CT molecular complexity index is 1010. The van der Waals surface area contributed by atoms with Crippen molar-refractivity contribution in [3.05, 3.63) is 71.6 Å². The number of carbonyl (C=O) groups excluding carboxylic acids is 1. The molecule has 0 saturated heterocycles. The Labute approximate surface area is 173 Å². The van der Waals surface area contributed by atoms with E-state index in [0.29, 0.717) is 34.7 Å². The first-order valence-corrected chi connectivity index (χ1v) is 11.2. The van der Waals surface area contributed by atoms with Crippen molar-refractivity contribution < 1.29 is 13.4 Å². The second-order valence-electron chi connectivity index (χ2n) is 7.36. The van der Waals surface area contributed by atoms with Gasteiger partial charge in [-0.15, -0.1) is 0 Å². The highest BCUT2D eigenvalue weighted by atomic mass is 32.2. The van der Waals surface area contributed by atoms with Crippen molar-refractivity contribution >= 4 is 16.7 Å². The number of hydrogen-bond acceptors (Lipinski definition) is 4. The Morgan fingerprint density at radius 3 is 2.48 bits per heavy atom. The zero-order valence-corrected chi connectivity index (χ0v) is 17.2. The topological polar surface area (TPSA) is 72.2 Å². The van der Waals surface area contributed by atoms with Crippen molar-refractivity contribution in [3.8, 4) is 11.5 Å². The minimum Gasteiger partial charge on any atom is -0.441 e. The molecule has 1 fully saturated rings. The fourth-order valence-corrected chi connectivity index (χ4v) is 4.71. The normalized spacial score (nSPS) is 15.3. The summed E-state index contributed by atoms with van der Waals surface area (Å²) in [5.74, 6) is 1.41. The fourth-order valence-electron chi connectivity index (χ4n) is 3.57. The molecule has 29 heavy (non-hydrogen) atoms. The van der Waals surface area contributed by atoms with E-state index >= 15 is 0 Å². The number of carbonyl (C=O) groups is 1. The van der Waals surface area contributed by atoms with Gasteiger partial charge in [0.1, 0.15) is 5.76 Å². The highest BCUT2D eigenvalue weighted by molar-refractivity contribution is 7.84. The summed E-state index contributed by atoms with van der Waals surface area (Å²) >= 11 is 0. The van der Waals surface area contributed by atoms with Crippen LogP contribution in [0.5, 0.6) is 0 Å². The first-order valence-electron chi connectivity index (χ1n) is 9.91. The lowest BCUT2D eigenvalue weighted by molar-refractivity contribution is 0.0938. The van der Waals surface area contributed by atoms with Crippen LogP contribution in [0.2, 0.25) is 0 Å². The van der Waals surface area contributed by atoms with Gasteiger partial charge in [0.25, 0.3) is 5.91 Å². The van der Waals surface area contributed by atoms with E-state index in [9.17, 15) is 9.00 Å². The first kappa shape index (κ1) is 19.6. The zero-order chi connectivity index (χ0) is 20.2. The zero-order valence-electron chi connectivity index (χ0n) is 16.4. The molecule has 1 unspecified atom stereocenters. The van der Waals surface area contributed by atoms with Crippen molar-refractivity contribution in [2.45, 2.75) is 49.3 Å². The summed E-state index contributed by atoms with van der Waals surface area (Å²) in [6.45, 7) is 1.83. The van der Waals surface area contributed by atoms with Gasteiger partial charge in [-0.05, 0) is 56.2 Å². The van der Waals surface area contributed by atoms with Gasteiger partial charge in [0.15, 0.2) is 0 Å². The quantitative estimate of drug-likeness (QED) is 0.645. The SMILES string of the molecule is Cc1oc(-c2ccc(C(=O)NC3CCCC3)cc2)nc1CS(=O)c1ccccc1. The van der Waals surface area contributed by atoms with E-state index in [1.807, 2.05) is 49.4 Å². The molecule has 5 nitrogen and oxygen atoms in total. The number of benzene rings is 2. The van der Waals surface area contributed by atoms with Gasteiger partial charge in [0.05, 0.1) is 22.2 Å². The van der Waals surface area contributed by atoms with Crippen molar-refractivity contribution in [1.82, 2.24) is 10.3 Å². The monoisotopic (exact) mass is 408 g/mol. The molecule has 4 rings (SSSR count). The average molecular weight is 409 g/mol. The van der Waals surface area contributed by atoms with Crippen molar-refractivity contribution in [3.63, 3.8) is 0 Å². The Morgan fingerprint density at radius 1 is 1.10 bits per heavy atom. The van der Waals surface area contributed by atoms with Crippen LogP contribution in [0, 0.1) is 6.92 Å². The maximum Gasteiger partial charge on any atom is 0.251 e. The molecule has 0 spiro atoms. The van der Waals surface area contributed by atoms with Crippen LogP contribution in [0.3, 0.4) is 0 Å². The summed E-state index contributed by atoms with van der Waals surface area (Å²) in [5.41, 5.74) is 2.11. The molecule has 0 radical (unpaired) electrons. The first-order chi connectivity index (χ1) is 14.1. The molecule has 1 aliphatic carbocycles. The van der Waals surface area contributed by atoms with E-state index in [1.165, 1.54) is 12.8 Å². The summed E-state index contributed by atoms with van der Waals surface area (Å²) in [4.78, 5) is 17.7. The predicted octanol–water partition coefficient (Wildman–Crippen LogP) is 4.63. The summed E-state index contributed by atoms with van der Waals surface area (Å²) in [6, 6.07) is 16.9. The molecule has 1 amide bonds. The van der Waals surface area contributed by atoms with Crippen LogP contribution in [0.1, 0.15) is 47.5 Å². The molecule has 2 aromatic carbocycles. The van der Waals surface area contributed by atoms with Gasteiger partial charge in [0, 0.05) is 22.1 Å². The van der Waals surface area contributed by atoms with Crippen molar-refractivity contribution in [2.24, 2.45) is 0 Å². The molecular weight excluding hydrogens is 384 g/mol. The van der Waals surface area contributed by atoms with E-state index in [0.717, 1.165) is 23.3 Å². The van der Waals surface area contributed by atoms with Crippen LogP contribution < -0.4 is 5.32 Å². The molecule has 0 bridgehead atoms. The average Bonchev–Trinajstić information content (AvgIpc) is 3.39. The highest BCUT2D eigenvalue weighted by Gasteiger charge is 2.19. The Kier molecular flexibility index (Phi) is 5.90. The van der Waals surface area contributed by atoms with Crippen LogP contribution in [-0.2, 0) is 16.6 Å². The number of rotatable bonds is 6. The molecule has 3 aromatic rings. The number of nitrogens with zero attached hydrogens (tertiary/aromatic N) is 1. The fraction of sp³-hybridized carbons (Fsp3) is 0.304. The number of nitrogens with one attached hydrogen (secondary N) is 1. The van der Waals surface area contributed by atoms with Crippen LogP contribution in [-0.4, -0.2) is 21.1 Å². The van der Waals surface area contributed by atoms with Crippen LogP contribution in [0.25, 0.3) is 11.5 Å². The Hall–Kier alpha value is -2.73. The Balaban J connectivity index is 1.45. The van der Waals surface area contributed by atoms with Gasteiger partial charge in [-0.2, -0.15) is 0 Å². The number of oxazole rings is 1. The summed E-state index contributed by atoms with van der Waals surface area (Å²) in [5, 5.41) is 3.09. The lowest BCUT2D eigenvalue weighted by Crippen LogP contribution is -2.32. The molecule has 6 heteroatoms. The molecule has 1 saturated carbocycles. The molecule has 1 heterocycles. The molecule has 0 aliphatic heterocycles. The largest absolute Gasteiger partial charge is 0.441 e. The third kappa shape index (κ3) is 4.65. The predicted molar refractivity (Wildman–Crippen MR) is 113 cm³/mol. The van der Waals surface area contributed by atoms with Gasteiger partial charge in [-0.25, -0.2) is 4.98 Å². The van der Waals surface area contributed by atoms with E-state index in [4.69, 9.17) is 4.42 Å². The maximum absolute atomic E-state index is 12.6. The number of aryl methyl sites for hydroxylation is 1. The molecule has 150 valence electrons. The van der Waals surface area contributed by atoms with Crippen molar-refractivity contribution in [2.75, 3.05) is 0 Å². The molecule has 1 N–H and O–H groups in total. The summed E-state index contributed by atoms with van der Waals surface area (Å²) in [7, 11) is -1.18. The van der Waals surface area contributed by atoms with Gasteiger partial charge in [0.2, 0.25) is 5.89 Å². The van der Waals surface area contributed by atoms with Crippen LogP contribution in [0.4, 0.5) is 0 Å². The number of hydrogen-bond donors (Lipinski definition) is 1. The third-order valence-corrected chi connectivity index (χ3v) is 6.58. The van der Waals surface area contributed by atoms with Gasteiger partial charge in [-0.1, -0.05) is 31.0 Å². The minimum atomic E-state index is -1.18. The number of aromatic nitrogens is 1. The molecule has 1 aromatic heterocycles. The van der Waals surface area contributed by atoms with E-state index in [-0.39, 0.29) is 5.91 Å². The van der Waals surface area contributed by atoms with Gasteiger partial charge < -0.3 is 9.73 Å². The van der Waals surface area contributed by atoms with E-state index < -0.39 is 10.8 Å². The van der Waals surface area contributed by atoms with E-state index in [2.05, 4.69) is 10.3 Å². The standard InChI is InChI=1S/C23H24N2O3S/c1-16-21(15-29(27)20-9-3-2-4-10-20)25-23(28-16)18-13-11-17(12-14-18)22(26)24-19-7-5-6-8-19/h2-4,9-14,19H,5-8,15H2,1H3,(H,24,26). The second kappa shape index (κ2) is 8.74. The van der Waals surface area contributed by atoms with Gasteiger partial charge >= 0.3 is 0 Å². The smallest absolute Gasteiger partial charge is 0.251 e. The summed E-state index contributed by atoms with van der Waals surface area (Å²) < 4.78 is 18.4. The van der Waals surface area contributed by atoms with E-state index in [1.54, 1.807) is 12.1 Å². The molecule has 1 aliphatic rings. The Morgan fingerprint density at radius 2 is 1.79 bits per heavy atom. The molecule has 1 atom stereocenters. The lowest BCUT2D eigenvalue weighted by Gasteiger charge is -2.11. The summed E-state index contributed by atoms with van der Waals surface area (Å²) in [6.07, 6.45) is 4.49. The highest BCUT2D eigenvalue weighted by Crippen LogP contribution is 2.24. The number of amides is 1. The molecular formula is C23H24N2O3S. The lowest BCUT2D eigenvalue weighted by atomic mass is 10.1. The van der Waals surface area contributed by atoms with Crippen molar-refractivity contribution in [1.29, 1.82) is 0 Å². The third-order valence-electron chi connectivity index (χ3n) is 5.25. The minimum absolute atomic E-state index is 0.0361. The van der Waals surface area contributed by atoms with Crippen LogP contribution >= 0.6 is 0 Å².